The van der Waals surface area contributed by atoms with Gasteiger partial charge in [0.05, 0.1) is 49.7 Å². The summed E-state index contributed by atoms with van der Waals surface area (Å²) in [6, 6.07) is 3.96. The van der Waals surface area contributed by atoms with Crippen LogP contribution in [0.25, 0.3) is 27.7 Å². The quantitative estimate of drug-likeness (QED) is 0.168. The average Bonchev–Trinajstić information content (AvgIpc) is 3.15. The minimum Gasteiger partial charge on any atom is -0.397 e. The lowest BCUT2D eigenvalue weighted by Gasteiger charge is -2.41. The minimum absolute atomic E-state index is 0.00675. The highest BCUT2D eigenvalue weighted by Gasteiger charge is 2.36. The molecule has 2 aromatic carbocycles. The zero-order valence-electron chi connectivity index (χ0n) is 24.2. The number of hydrogen-bond acceptors (Lipinski definition) is 7. The van der Waals surface area contributed by atoms with Crippen LogP contribution in [0.5, 0.6) is 0 Å². The fourth-order valence-electron chi connectivity index (χ4n) is 6.13. The van der Waals surface area contributed by atoms with Crippen LogP contribution in [0.1, 0.15) is 31.0 Å². The van der Waals surface area contributed by atoms with Crippen molar-refractivity contribution in [2.75, 3.05) is 42.1 Å². The lowest BCUT2D eigenvalue weighted by Crippen LogP contribution is -2.57. The normalized spacial score (nSPS) is 16.1. The third-order valence-corrected chi connectivity index (χ3v) is 8.85. The van der Waals surface area contributed by atoms with Crippen molar-refractivity contribution in [1.82, 2.24) is 19.4 Å². The van der Waals surface area contributed by atoms with Gasteiger partial charge in [0.2, 0.25) is 5.91 Å². The average molecular weight is 641 g/mol. The maximum absolute atomic E-state index is 16.8. The van der Waals surface area contributed by atoms with E-state index in [4.69, 9.17) is 28.9 Å². The zero-order chi connectivity index (χ0) is 31.6. The number of pyridine rings is 1. The van der Waals surface area contributed by atoms with E-state index in [0.29, 0.717) is 29.9 Å². The van der Waals surface area contributed by atoms with E-state index < -0.39 is 17.3 Å². The molecule has 1 unspecified atom stereocenters. The highest BCUT2D eigenvalue weighted by atomic mass is 35.5. The first-order chi connectivity index (χ1) is 20.9. The van der Waals surface area contributed by atoms with Gasteiger partial charge in [-0.25, -0.2) is 13.6 Å². The Bertz CT molecular complexity index is 1920. The van der Waals surface area contributed by atoms with Gasteiger partial charge in [-0.1, -0.05) is 43.6 Å². The van der Waals surface area contributed by atoms with E-state index >= 15 is 8.78 Å². The van der Waals surface area contributed by atoms with Gasteiger partial charge in [0, 0.05) is 43.5 Å². The van der Waals surface area contributed by atoms with Gasteiger partial charge in [0.25, 0.3) is 0 Å². The number of piperazine rings is 1. The highest BCUT2D eigenvalue weighted by Crippen LogP contribution is 2.46. The first-order valence-corrected chi connectivity index (χ1v) is 14.8. The Morgan fingerprint density at radius 3 is 2.66 bits per heavy atom. The van der Waals surface area contributed by atoms with Crippen molar-refractivity contribution in [3.05, 3.63) is 80.5 Å². The molecule has 4 aromatic rings. The molecule has 44 heavy (non-hydrogen) atoms. The third-order valence-electron chi connectivity index (χ3n) is 8.26. The number of fused-ring (bicyclic) bond motifs is 2. The number of benzene rings is 2. The van der Waals surface area contributed by atoms with E-state index in [1.807, 2.05) is 25.7 Å². The molecule has 0 spiro atoms. The standard InChI is InChI=1S/C31H29Cl2F2N7O2/c1-5-21(43)40-8-9-41-16(13-40)12-38-28-23-20(10-17(24(28)34)22-25(35)18(32)11-19(33)26(22)36)42(31(44)39-30(23)41)29-15(4)6-7-37-27(29)14(2)3/h5-7,10-11,14,16,38H,1,8-9,12-13,36H2,2-4H3. The van der Waals surface area contributed by atoms with Gasteiger partial charge in [-0.05, 0) is 42.7 Å². The van der Waals surface area contributed by atoms with Crippen molar-refractivity contribution in [2.24, 2.45) is 0 Å². The second-order valence-electron chi connectivity index (χ2n) is 11.2. The second-order valence-corrected chi connectivity index (χ2v) is 12.1. The number of halogens is 4. The largest absolute Gasteiger partial charge is 0.397 e. The summed E-state index contributed by atoms with van der Waals surface area (Å²) in [5.41, 5.74) is 6.96. The fraction of sp³-hybridized carbons (Fsp3) is 0.290. The molecule has 13 heteroatoms. The molecule has 1 saturated heterocycles. The van der Waals surface area contributed by atoms with Crippen LogP contribution in [-0.4, -0.2) is 57.6 Å². The van der Waals surface area contributed by atoms with Crippen LogP contribution in [0.2, 0.25) is 10.0 Å². The number of nitrogens with zero attached hydrogens (tertiary/aromatic N) is 5. The molecule has 0 bridgehead atoms. The maximum atomic E-state index is 16.8. The first-order valence-electron chi connectivity index (χ1n) is 14.0. The van der Waals surface area contributed by atoms with Crippen molar-refractivity contribution in [3.8, 4) is 16.8 Å². The Morgan fingerprint density at radius 2 is 1.95 bits per heavy atom. The lowest BCUT2D eigenvalue weighted by atomic mass is 9.98. The van der Waals surface area contributed by atoms with E-state index in [2.05, 4.69) is 21.9 Å². The summed E-state index contributed by atoms with van der Waals surface area (Å²) in [5, 5.41) is 3.12. The van der Waals surface area contributed by atoms with Crippen LogP contribution in [0.4, 0.5) is 26.0 Å². The van der Waals surface area contributed by atoms with E-state index in [0.717, 1.165) is 11.6 Å². The lowest BCUT2D eigenvalue weighted by molar-refractivity contribution is -0.126. The molecule has 1 amide bonds. The number of carbonyl (C=O) groups is 1. The predicted molar refractivity (Wildman–Crippen MR) is 170 cm³/mol. The number of anilines is 3. The zero-order valence-corrected chi connectivity index (χ0v) is 25.7. The van der Waals surface area contributed by atoms with Crippen LogP contribution in [0, 0.1) is 18.6 Å². The van der Waals surface area contributed by atoms with Crippen LogP contribution in [-0.2, 0) is 4.79 Å². The van der Waals surface area contributed by atoms with Gasteiger partial charge in [-0.15, -0.1) is 0 Å². The molecule has 9 nitrogen and oxygen atoms in total. The van der Waals surface area contributed by atoms with Crippen molar-refractivity contribution in [3.63, 3.8) is 0 Å². The van der Waals surface area contributed by atoms with Gasteiger partial charge in [-0.2, -0.15) is 4.98 Å². The second kappa shape index (κ2) is 11.0. The fourth-order valence-corrected chi connectivity index (χ4v) is 6.60. The summed E-state index contributed by atoms with van der Waals surface area (Å²) in [7, 11) is 0. The van der Waals surface area contributed by atoms with Crippen molar-refractivity contribution < 1.29 is 13.6 Å². The van der Waals surface area contributed by atoms with Gasteiger partial charge >= 0.3 is 5.69 Å². The van der Waals surface area contributed by atoms with Crippen LogP contribution in [0.3, 0.4) is 0 Å². The summed E-state index contributed by atoms with van der Waals surface area (Å²) < 4.78 is 33.8. The molecule has 4 heterocycles. The van der Waals surface area contributed by atoms with Gasteiger partial charge in [-0.3, -0.25) is 14.3 Å². The Morgan fingerprint density at radius 1 is 1.20 bits per heavy atom. The molecule has 3 N–H and O–H groups in total. The highest BCUT2D eigenvalue weighted by molar-refractivity contribution is 6.37. The number of amides is 1. The SMILES string of the molecule is C=CC(=O)N1CCN2c3nc(=O)n(-c4c(C)ccnc4C(C)C)c4cc(-c5c(N)c(Cl)cc(Cl)c5F)c(F)c(c34)NCC2C1. The molecule has 1 fully saturated rings. The van der Waals surface area contributed by atoms with E-state index in [1.165, 1.54) is 16.7 Å². The van der Waals surface area contributed by atoms with E-state index in [-0.39, 0.29) is 74.8 Å². The Balaban J connectivity index is 1.74. The smallest absolute Gasteiger partial charge is 0.354 e. The molecule has 2 aliphatic rings. The van der Waals surface area contributed by atoms with E-state index in [9.17, 15) is 9.59 Å². The molecule has 0 radical (unpaired) electrons. The van der Waals surface area contributed by atoms with Gasteiger partial charge in [0.1, 0.15) is 5.82 Å². The maximum Gasteiger partial charge on any atom is 0.354 e. The molecular weight excluding hydrogens is 611 g/mol. The van der Waals surface area contributed by atoms with Gasteiger partial charge in [0.15, 0.2) is 11.6 Å². The number of rotatable bonds is 4. The molecule has 0 saturated carbocycles. The monoisotopic (exact) mass is 639 g/mol. The summed E-state index contributed by atoms with van der Waals surface area (Å²) in [4.78, 5) is 39.2. The summed E-state index contributed by atoms with van der Waals surface area (Å²) in [6.45, 7) is 10.5. The van der Waals surface area contributed by atoms with Gasteiger partial charge < -0.3 is 20.9 Å². The van der Waals surface area contributed by atoms with Crippen LogP contribution in [0.15, 0.2) is 41.8 Å². The molecule has 0 aliphatic carbocycles. The Labute approximate surface area is 261 Å². The number of carbonyl (C=O) groups excluding carboxylic acids is 1. The molecular formula is C31H29Cl2F2N7O2. The number of aromatic nitrogens is 3. The first kappa shape index (κ1) is 29.8. The predicted octanol–water partition coefficient (Wildman–Crippen LogP) is 5.68. The molecule has 1 atom stereocenters. The number of nitrogens with one attached hydrogen (secondary N) is 1. The van der Waals surface area contributed by atoms with Crippen molar-refractivity contribution >= 4 is 57.2 Å². The Kier molecular flexibility index (Phi) is 7.49. The minimum atomic E-state index is -0.952. The number of aryl methyl sites for hydroxylation is 1. The molecule has 2 aromatic heterocycles. The topological polar surface area (TPSA) is 109 Å². The van der Waals surface area contributed by atoms with Crippen LogP contribution < -0.4 is 21.6 Å². The Hall–Kier alpha value is -4.22. The number of nitrogen functional groups attached to an aromatic ring is 1. The third kappa shape index (κ3) is 4.57. The molecule has 2 aliphatic heterocycles. The van der Waals surface area contributed by atoms with Crippen LogP contribution >= 0.6 is 23.2 Å². The summed E-state index contributed by atoms with van der Waals surface area (Å²) in [5.74, 6) is -1.83. The van der Waals surface area contributed by atoms with E-state index in [1.54, 1.807) is 17.2 Å². The van der Waals surface area contributed by atoms with Crippen molar-refractivity contribution in [2.45, 2.75) is 32.7 Å². The van der Waals surface area contributed by atoms with Crippen molar-refractivity contribution in [1.29, 1.82) is 0 Å². The number of nitrogens with two attached hydrogens (primary N) is 1. The summed E-state index contributed by atoms with van der Waals surface area (Å²) in [6.07, 6.45) is 2.91. The summed E-state index contributed by atoms with van der Waals surface area (Å²) >= 11 is 12.4. The molecule has 228 valence electrons. The number of hydrogen-bond donors (Lipinski definition) is 2. The molecule has 6 rings (SSSR count).